The van der Waals surface area contributed by atoms with Gasteiger partial charge < -0.3 is 15.4 Å². The van der Waals surface area contributed by atoms with E-state index in [1.165, 1.54) is 17.7 Å². The van der Waals surface area contributed by atoms with Crippen LogP contribution in [0.25, 0.3) is 0 Å². The molecule has 1 aliphatic rings. The highest BCUT2D eigenvalue weighted by atomic mass is 127. The minimum Gasteiger partial charge on any atom is -0.373 e. The van der Waals surface area contributed by atoms with E-state index in [1.54, 1.807) is 13.1 Å². The first-order chi connectivity index (χ1) is 12.3. The van der Waals surface area contributed by atoms with Crippen LogP contribution < -0.4 is 10.6 Å². The summed E-state index contributed by atoms with van der Waals surface area (Å²) < 4.78 is 19.2. The van der Waals surface area contributed by atoms with Crippen LogP contribution >= 0.6 is 24.0 Å². The zero-order valence-corrected chi connectivity index (χ0v) is 17.2. The molecular weight excluding hydrogens is 444 g/mol. The monoisotopic (exact) mass is 469 g/mol. The molecule has 2 aromatic rings. The summed E-state index contributed by atoms with van der Waals surface area (Å²) in [5.41, 5.74) is 2.10. The third-order valence-corrected chi connectivity index (χ3v) is 4.45. The van der Waals surface area contributed by atoms with Crippen LogP contribution in [0.1, 0.15) is 23.7 Å². The van der Waals surface area contributed by atoms with E-state index >= 15 is 0 Å². The molecule has 0 radical (unpaired) electrons. The smallest absolute Gasteiger partial charge is 0.191 e. The zero-order valence-electron chi connectivity index (χ0n) is 14.8. The number of ether oxygens (including phenoxy) is 1. The molecule has 1 saturated heterocycles. The Bertz CT molecular complexity index is 711. The summed E-state index contributed by atoms with van der Waals surface area (Å²) in [4.78, 5) is 4.24. The molecule has 1 fully saturated rings. The summed E-state index contributed by atoms with van der Waals surface area (Å²) >= 11 is 0. The second-order valence-corrected chi connectivity index (χ2v) is 6.19. The fourth-order valence-corrected chi connectivity index (χ4v) is 3.14. The molecular formula is C20H25FIN3O. The zero-order chi connectivity index (χ0) is 17.5. The van der Waals surface area contributed by atoms with Crippen LogP contribution in [0.3, 0.4) is 0 Å². The molecule has 6 heteroatoms. The lowest BCUT2D eigenvalue weighted by Gasteiger charge is -2.21. The SMILES string of the molecule is CN=C(NCc1cccc(F)c1)NCC1CCOC1c1ccccc1.I. The van der Waals surface area contributed by atoms with Crippen molar-refractivity contribution in [2.45, 2.75) is 19.1 Å². The first kappa shape index (κ1) is 20.6. The van der Waals surface area contributed by atoms with Crippen LogP contribution in [-0.4, -0.2) is 26.2 Å². The van der Waals surface area contributed by atoms with E-state index in [1.807, 2.05) is 24.3 Å². The number of nitrogens with zero attached hydrogens (tertiary/aromatic N) is 1. The van der Waals surface area contributed by atoms with Gasteiger partial charge in [0.2, 0.25) is 0 Å². The van der Waals surface area contributed by atoms with Gasteiger partial charge in [-0.05, 0) is 29.7 Å². The molecule has 0 spiro atoms. The topological polar surface area (TPSA) is 45.7 Å². The number of nitrogens with one attached hydrogen (secondary N) is 2. The number of halogens is 2. The van der Waals surface area contributed by atoms with Gasteiger partial charge >= 0.3 is 0 Å². The predicted molar refractivity (Wildman–Crippen MR) is 113 cm³/mol. The van der Waals surface area contributed by atoms with Crippen molar-refractivity contribution < 1.29 is 9.13 Å². The average molecular weight is 469 g/mol. The minimum absolute atomic E-state index is 0. The summed E-state index contributed by atoms with van der Waals surface area (Å²) in [6.07, 6.45) is 1.14. The van der Waals surface area contributed by atoms with Crippen LogP contribution in [0.2, 0.25) is 0 Å². The Balaban J connectivity index is 0.00000243. The third kappa shape index (κ3) is 5.67. The quantitative estimate of drug-likeness (QED) is 0.397. The third-order valence-electron chi connectivity index (χ3n) is 4.45. The second kappa shape index (κ2) is 10.5. The van der Waals surface area contributed by atoms with Crippen molar-refractivity contribution in [1.82, 2.24) is 10.6 Å². The van der Waals surface area contributed by atoms with Crippen LogP contribution in [0.5, 0.6) is 0 Å². The van der Waals surface area contributed by atoms with Crippen LogP contribution in [0.15, 0.2) is 59.6 Å². The molecule has 4 nitrogen and oxygen atoms in total. The minimum atomic E-state index is -0.226. The molecule has 1 heterocycles. The standard InChI is InChI=1S/C20H24FN3O.HI/c1-22-20(23-13-15-6-5-9-18(21)12-15)24-14-17-10-11-25-19(17)16-7-3-2-4-8-16;/h2-9,12,17,19H,10-11,13-14H2,1H3,(H2,22,23,24);1H. The lowest BCUT2D eigenvalue weighted by atomic mass is 9.95. The molecule has 0 aliphatic carbocycles. The van der Waals surface area contributed by atoms with Gasteiger partial charge in [-0.2, -0.15) is 0 Å². The summed E-state index contributed by atoms with van der Waals surface area (Å²) in [5.74, 6) is 0.883. The molecule has 0 aromatic heterocycles. The van der Waals surface area contributed by atoms with E-state index in [0.29, 0.717) is 18.4 Å². The fourth-order valence-electron chi connectivity index (χ4n) is 3.14. The van der Waals surface area contributed by atoms with Gasteiger partial charge in [0.05, 0.1) is 6.10 Å². The number of aliphatic imine (C=N–C) groups is 1. The van der Waals surface area contributed by atoms with E-state index in [2.05, 4.69) is 27.8 Å². The Kier molecular flexibility index (Phi) is 8.31. The molecule has 2 N–H and O–H groups in total. The Morgan fingerprint density at radius 3 is 2.69 bits per heavy atom. The highest BCUT2D eigenvalue weighted by Crippen LogP contribution is 2.33. The Morgan fingerprint density at radius 1 is 1.15 bits per heavy atom. The highest BCUT2D eigenvalue weighted by molar-refractivity contribution is 14.0. The van der Waals surface area contributed by atoms with Gasteiger partial charge in [-0.25, -0.2) is 4.39 Å². The normalized spacial score (nSPS) is 19.7. The van der Waals surface area contributed by atoms with E-state index in [9.17, 15) is 4.39 Å². The molecule has 2 aromatic carbocycles. The van der Waals surface area contributed by atoms with Gasteiger partial charge in [0.15, 0.2) is 5.96 Å². The Morgan fingerprint density at radius 2 is 1.96 bits per heavy atom. The van der Waals surface area contributed by atoms with Crippen molar-refractivity contribution in [1.29, 1.82) is 0 Å². The van der Waals surface area contributed by atoms with E-state index in [-0.39, 0.29) is 35.9 Å². The van der Waals surface area contributed by atoms with Gasteiger partial charge in [0.25, 0.3) is 0 Å². The fraction of sp³-hybridized carbons (Fsp3) is 0.350. The van der Waals surface area contributed by atoms with E-state index in [0.717, 1.165) is 25.1 Å². The summed E-state index contributed by atoms with van der Waals surface area (Å²) in [5, 5.41) is 6.58. The van der Waals surface area contributed by atoms with Crippen molar-refractivity contribution in [2.75, 3.05) is 20.2 Å². The number of benzene rings is 2. The van der Waals surface area contributed by atoms with Gasteiger partial charge in [-0.1, -0.05) is 42.5 Å². The highest BCUT2D eigenvalue weighted by Gasteiger charge is 2.29. The van der Waals surface area contributed by atoms with Crippen LogP contribution in [0, 0.1) is 11.7 Å². The molecule has 2 unspecified atom stereocenters. The molecule has 0 amide bonds. The molecule has 26 heavy (non-hydrogen) atoms. The maximum Gasteiger partial charge on any atom is 0.191 e. The number of rotatable bonds is 5. The molecule has 2 atom stereocenters. The predicted octanol–water partition coefficient (Wildman–Crippen LogP) is 3.89. The van der Waals surface area contributed by atoms with Crippen molar-refractivity contribution in [3.05, 3.63) is 71.5 Å². The van der Waals surface area contributed by atoms with Crippen molar-refractivity contribution in [3.8, 4) is 0 Å². The second-order valence-electron chi connectivity index (χ2n) is 6.19. The average Bonchev–Trinajstić information content (AvgIpc) is 3.11. The Hall–Kier alpha value is -1.67. The van der Waals surface area contributed by atoms with Crippen LogP contribution in [0.4, 0.5) is 4.39 Å². The number of guanidine groups is 1. The first-order valence-corrected chi connectivity index (χ1v) is 8.62. The van der Waals surface area contributed by atoms with E-state index < -0.39 is 0 Å². The van der Waals surface area contributed by atoms with Gasteiger partial charge in [-0.3, -0.25) is 4.99 Å². The summed E-state index contributed by atoms with van der Waals surface area (Å²) in [6.45, 7) is 2.09. The summed E-state index contributed by atoms with van der Waals surface area (Å²) in [6, 6.07) is 16.9. The van der Waals surface area contributed by atoms with Gasteiger partial charge in [0.1, 0.15) is 5.82 Å². The molecule has 140 valence electrons. The molecule has 3 rings (SSSR count). The Labute approximate surface area is 171 Å². The van der Waals surface area contributed by atoms with Crippen LogP contribution in [-0.2, 0) is 11.3 Å². The molecule has 0 saturated carbocycles. The number of hydrogen-bond acceptors (Lipinski definition) is 2. The van der Waals surface area contributed by atoms with Gasteiger partial charge in [-0.15, -0.1) is 24.0 Å². The molecule has 1 aliphatic heterocycles. The largest absolute Gasteiger partial charge is 0.373 e. The first-order valence-electron chi connectivity index (χ1n) is 8.62. The van der Waals surface area contributed by atoms with Crippen molar-refractivity contribution in [3.63, 3.8) is 0 Å². The van der Waals surface area contributed by atoms with Crippen molar-refractivity contribution in [2.24, 2.45) is 10.9 Å². The number of hydrogen-bond donors (Lipinski definition) is 2. The summed E-state index contributed by atoms with van der Waals surface area (Å²) in [7, 11) is 1.74. The maximum atomic E-state index is 13.2. The maximum absolute atomic E-state index is 13.2. The molecule has 0 bridgehead atoms. The van der Waals surface area contributed by atoms with Crippen molar-refractivity contribution >= 4 is 29.9 Å². The van der Waals surface area contributed by atoms with E-state index in [4.69, 9.17) is 4.74 Å². The lowest BCUT2D eigenvalue weighted by Crippen LogP contribution is -2.39. The lowest BCUT2D eigenvalue weighted by molar-refractivity contribution is 0.0915. The van der Waals surface area contributed by atoms with Gasteiger partial charge in [0, 0.05) is 32.7 Å².